The van der Waals surface area contributed by atoms with E-state index in [0.29, 0.717) is 12.3 Å². The summed E-state index contributed by atoms with van der Waals surface area (Å²) in [5.41, 5.74) is 0. The molecular weight excluding hydrogens is 160 g/mol. The summed E-state index contributed by atoms with van der Waals surface area (Å²) in [5, 5.41) is 27.5. The number of aliphatic hydroxyl groups excluding tert-OH is 3. The van der Waals surface area contributed by atoms with Crippen molar-refractivity contribution >= 4 is 0 Å². The normalized spacial score (nSPS) is 42.5. The highest BCUT2D eigenvalue weighted by atomic mass is 16.6. The molecule has 1 unspecified atom stereocenters. The number of aliphatic hydroxyl groups is 3. The Bertz CT molecular complexity index is 146. The van der Waals surface area contributed by atoms with Gasteiger partial charge in [0.15, 0.2) is 6.29 Å². The Kier molecular flexibility index (Phi) is 3.06. The molecule has 0 spiro atoms. The first kappa shape index (κ1) is 9.92. The molecule has 0 aromatic rings. The summed E-state index contributed by atoms with van der Waals surface area (Å²) in [7, 11) is 0. The van der Waals surface area contributed by atoms with Gasteiger partial charge in [0.2, 0.25) is 0 Å². The van der Waals surface area contributed by atoms with Crippen molar-refractivity contribution in [3.8, 4) is 0 Å². The monoisotopic (exact) mass is 176 g/mol. The first-order valence-electron chi connectivity index (χ1n) is 4.22. The maximum Gasteiger partial charge on any atom is 0.183 e. The molecular formula is C8H16O4. The molecule has 1 rings (SSSR count). The van der Waals surface area contributed by atoms with Gasteiger partial charge in [-0.2, -0.15) is 0 Å². The summed E-state index contributed by atoms with van der Waals surface area (Å²) < 4.78 is 4.95. The van der Waals surface area contributed by atoms with E-state index in [-0.39, 0.29) is 0 Å². The second-order valence-corrected chi connectivity index (χ2v) is 3.68. The molecule has 0 aliphatic carbocycles. The minimum atomic E-state index is -1.23. The summed E-state index contributed by atoms with van der Waals surface area (Å²) >= 11 is 0. The number of ether oxygens (including phenoxy) is 1. The Hall–Kier alpha value is -0.160. The van der Waals surface area contributed by atoms with Crippen LogP contribution in [0.25, 0.3) is 0 Å². The Morgan fingerprint density at radius 3 is 2.08 bits per heavy atom. The lowest BCUT2D eigenvalue weighted by atomic mass is 10.0. The Labute approximate surface area is 71.8 Å². The van der Waals surface area contributed by atoms with Gasteiger partial charge in [0.05, 0.1) is 6.10 Å². The van der Waals surface area contributed by atoms with E-state index in [4.69, 9.17) is 14.9 Å². The quantitative estimate of drug-likeness (QED) is 0.529. The van der Waals surface area contributed by atoms with Crippen LogP contribution in [0.1, 0.15) is 20.3 Å². The van der Waals surface area contributed by atoms with E-state index in [1.54, 1.807) is 0 Å². The smallest absolute Gasteiger partial charge is 0.183 e. The van der Waals surface area contributed by atoms with E-state index in [2.05, 4.69) is 0 Å². The zero-order chi connectivity index (χ0) is 9.30. The standard InChI is InChI=1S/C8H16O4/c1-4(2)3-5-6(9)7(10)8(11)12-5/h4-11H,3H2,1-2H3/t5-,6-,7-,8?/m0/s1. The first-order valence-corrected chi connectivity index (χ1v) is 4.22. The van der Waals surface area contributed by atoms with Crippen LogP contribution in [0, 0.1) is 5.92 Å². The van der Waals surface area contributed by atoms with E-state index >= 15 is 0 Å². The molecule has 0 saturated carbocycles. The number of hydrogen-bond donors (Lipinski definition) is 3. The molecule has 4 atom stereocenters. The molecule has 3 N–H and O–H groups in total. The van der Waals surface area contributed by atoms with Crippen molar-refractivity contribution in [1.29, 1.82) is 0 Å². The third-order valence-electron chi connectivity index (χ3n) is 2.04. The molecule has 1 heterocycles. The molecule has 12 heavy (non-hydrogen) atoms. The SMILES string of the molecule is CC(C)C[C@@H]1OC(O)[C@@H](O)[C@H]1O. The zero-order valence-electron chi connectivity index (χ0n) is 7.34. The van der Waals surface area contributed by atoms with E-state index in [9.17, 15) is 5.11 Å². The van der Waals surface area contributed by atoms with E-state index in [1.165, 1.54) is 0 Å². The Balaban J connectivity index is 2.47. The van der Waals surface area contributed by atoms with Crippen LogP contribution >= 0.6 is 0 Å². The fourth-order valence-electron chi connectivity index (χ4n) is 1.39. The molecule has 0 radical (unpaired) electrons. The van der Waals surface area contributed by atoms with Crippen molar-refractivity contribution in [2.75, 3.05) is 0 Å². The van der Waals surface area contributed by atoms with Gasteiger partial charge in [0, 0.05) is 0 Å². The maximum atomic E-state index is 9.34. The second-order valence-electron chi connectivity index (χ2n) is 3.68. The van der Waals surface area contributed by atoms with Gasteiger partial charge in [-0.3, -0.25) is 0 Å². The van der Waals surface area contributed by atoms with Crippen molar-refractivity contribution in [3.05, 3.63) is 0 Å². The van der Waals surface area contributed by atoms with Crippen LogP contribution in [0.15, 0.2) is 0 Å². The molecule has 1 aliphatic rings. The van der Waals surface area contributed by atoms with Crippen molar-refractivity contribution in [3.63, 3.8) is 0 Å². The molecule has 0 bridgehead atoms. The average molecular weight is 176 g/mol. The number of hydrogen-bond acceptors (Lipinski definition) is 4. The van der Waals surface area contributed by atoms with Crippen molar-refractivity contribution in [1.82, 2.24) is 0 Å². The molecule has 0 amide bonds. The van der Waals surface area contributed by atoms with Crippen molar-refractivity contribution in [2.45, 2.75) is 44.9 Å². The largest absolute Gasteiger partial charge is 0.387 e. The summed E-state index contributed by atoms with van der Waals surface area (Å²) in [5.74, 6) is 0.377. The summed E-state index contributed by atoms with van der Waals surface area (Å²) in [6, 6.07) is 0. The van der Waals surface area contributed by atoms with Gasteiger partial charge in [-0.15, -0.1) is 0 Å². The van der Waals surface area contributed by atoms with E-state index < -0.39 is 24.6 Å². The lowest BCUT2D eigenvalue weighted by molar-refractivity contribution is -0.129. The molecule has 0 aromatic carbocycles. The maximum absolute atomic E-state index is 9.34. The molecule has 0 aromatic heterocycles. The van der Waals surface area contributed by atoms with Gasteiger partial charge in [-0.25, -0.2) is 0 Å². The third kappa shape index (κ3) is 1.95. The Morgan fingerprint density at radius 1 is 1.17 bits per heavy atom. The highest BCUT2D eigenvalue weighted by Gasteiger charge is 2.41. The second kappa shape index (κ2) is 3.70. The summed E-state index contributed by atoms with van der Waals surface area (Å²) in [6.45, 7) is 3.99. The molecule has 4 heteroatoms. The van der Waals surface area contributed by atoms with Crippen LogP contribution in [0.4, 0.5) is 0 Å². The van der Waals surface area contributed by atoms with Gasteiger partial charge >= 0.3 is 0 Å². The zero-order valence-corrected chi connectivity index (χ0v) is 7.34. The predicted octanol–water partition coefficient (Wildman–Crippen LogP) is -0.528. The third-order valence-corrected chi connectivity index (χ3v) is 2.04. The minimum Gasteiger partial charge on any atom is -0.387 e. The molecule has 4 nitrogen and oxygen atoms in total. The summed E-state index contributed by atoms with van der Waals surface area (Å²) in [6.07, 6.45) is -3.13. The Morgan fingerprint density at radius 2 is 1.75 bits per heavy atom. The van der Waals surface area contributed by atoms with Crippen LogP contribution in [0.5, 0.6) is 0 Å². The molecule has 1 aliphatic heterocycles. The van der Waals surface area contributed by atoms with Crippen LogP contribution in [-0.4, -0.2) is 39.9 Å². The van der Waals surface area contributed by atoms with Gasteiger partial charge in [0.25, 0.3) is 0 Å². The van der Waals surface area contributed by atoms with Gasteiger partial charge in [-0.05, 0) is 12.3 Å². The number of rotatable bonds is 2. The van der Waals surface area contributed by atoms with Crippen LogP contribution in [0.3, 0.4) is 0 Å². The highest BCUT2D eigenvalue weighted by Crippen LogP contribution is 2.24. The lowest BCUT2D eigenvalue weighted by Gasteiger charge is -2.15. The molecule has 1 saturated heterocycles. The van der Waals surface area contributed by atoms with E-state index in [1.807, 2.05) is 13.8 Å². The van der Waals surface area contributed by atoms with E-state index in [0.717, 1.165) is 0 Å². The fraction of sp³-hybridized carbons (Fsp3) is 1.00. The topological polar surface area (TPSA) is 69.9 Å². The van der Waals surface area contributed by atoms with Gasteiger partial charge in [0.1, 0.15) is 12.2 Å². The minimum absolute atomic E-state index is 0.377. The fourth-order valence-corrected chi connectivity index (χ4v) is 1.39. The van der Waals surface area contributed by atoms with Gasteiger partial charge in [-0.1, -0.05) is 13.8 Å². The molecule has 72 valence electrons. The highest BCUT2D eigenvalue weighted by molar-refractivity contribution is 4.85. The average Bonchev–Trinajstić information content (AvgIpc) is 2.17. The lowest BCUT2D eigenvalue weighted by Crippen LogP contribution is -2.32. The van der Waals surface area contributed by atoms with Gasteiger partial charge < -0.3 is 20.1 Å². The van der Waals surface area contributed by atoms with Crippen molar-refractivity contribution in [2.24, 2.45) is 5.92 Å². The summed E-state index contributed by atoms with van der Waals surface area (Å²) in [4.78, 5) is 0. The van der Waals surface area contributed by atoms with Crippen LogP contribution < -0.4 is 0 Å². The predicted molar refractivity (Wildman–Crippen MR) is 42.3 cm³/mol. The van der Waals surface area contributed by atoms with Crippen LogP contribution in [0.2, 0.25) is 0 Å². The van der Waals surface area contributed by atoms with Crippen molar-refractivity contribution < 1.29 is 20.1 Å². The molecule has 1 fully saturated rings. The van der Waals surface area contributed by atoms with Crippen LogP contribution in [-0.2, 0) is 4.74 Å². The first-order chi connectivity index (χ1) is 5.52.